The van der Waals surface area contributed by atoms with Crippen molar-refractivity contribution in [2.24, 2.45) is 5.10 Å². The Morgan fingerprint density at radius 3 is 2.65 bits per heavy atom. The van der Waals surface area contributed by atoms with Crippen LogP contribution in [0.3, 0.4) is 0 Å². The summed E-state index contributed by atoms with van der Waals surface area (Å²) in [6, 6.07) is 13.0. The highest BCUT2D eigenvalue weighted by Crippen LogP contribution is 2.34. The van der Waals surface area contributed by atoms with Crippen LogP contribution in [0.2, 0.25) is 5.02 Å². The van der Waals surface area contributed by atoms with Crippen LogP contribution < -0.4 is 0 Å². The lowest BCUT2D eigenvalue weighted by Gasteiger charge is -2.21. The molecule has 0 aliphatic carbocycles. The summed E-state index contributed by atoms with van der Waals surface area (Å²) in [5, 5.41) is 17.5. The lowest BCUT2D eigenvalue weighted by Crippen LogP contribution is -2.27. The Bertz CT molecular complexity index is 868. The van der Waals surface area contributed by atoms with Gasteiger partial charge in [-0.1, -0.05) is 35.9 Å². The van der Waals surface area contributed by atoms with Gasteiger partial charge in [-0.05, 0) is 23.3 Å². The Labute approximate surface area is 160 Å². The molecule has 1 aliphatic rings. The minimum absolute atomic E-state index is 0.0211. The van der Waals surface area contributed by atoms with E-state index in [2.05, 4.69) is 5.10 Å². The summed E-state index contributed by atoms with van der Waals surface area (Å²) in [7, 11) is 0. The molecule has 6 nitrogen and oxygen atoms in total. The molecule has 0 N–H and O–H groups in total. The van der Waals surface area contributed by atoms with Gasteiger partial charge >= 0.3 is 0 Å². The number of nitro groups is 1. The molecule has 26 heavy (non-hydrogen) atoms. The van der Waals surface area contributed by atoms with Gasteiger partial charge in [0.2, 0.25) is 5.91 Å². The third-order valence-electron chi connectivity index (χ3n) is 4.12. The van der Waals surface area contributed by atoms with Gasteiger partial charge in [-0.15, -0.1) is 11.6 Å². The maximum Gasteiger partial charge on any atom is 0.269 e. The number of non-ortho nitro benzene ring substituents is 1. The maximum atomic E-state index is 12.5. The van der Waals surface area contributed by atoms with Crippen LogP contribution in [0, 0.1) is 10.1 Å². The molecule has 1 aliphatic heterocycles. The number of hydrogen-bond acceptors (Lipinski definition) is 4. The molecule has 0 radical (unpaired) electrons. The van der Waals surface area contributed by atoms with Crippen LogP contribution in [0.25, 0.3) is 0 Å². The molecule has 3 rings (SSSR count). The number of hydrogen-bond donors (Lipinski definition) is 0. The van der Waals surface area contributed by atoms with Gasteiger partial charge < -0.3 is 0 Å². The largest absolute Gasteiger partial charge is 0.273 e. The molecule has 2 aromatic rings. The van der Waals surface area contributed by atoms with Crippen LogP contribution in [-0.4, -0.2) is 27.4 Å². The summed E-state index contributed by atoms with van der Waals surface area (Å²) >= 11 is 11.6. The number of nitro benzene ring substituents is 1. The number of halogens is 2. The van der Waals surface area contributed by atoms with E-state index >= 15 is 0 Å². The van der Waals surface area contributed by atoms with Gasteiger partial charge in [0.25, 0.3) is 5.69 Å². The molecule has 1 atom stereocenters. The van der Waals surface area contributed by atoms with Crippen LogP contribution in [0.15, 0.2) is 53.6 Å². The van der Waals surface area contributed by atoms with Crippen molar-refractivity contribution >= 4 is 40.5 Å². The predicted octanol–water partition coefficient (Wildman–Crippen LogP) is 4.55. The first-order valence-corrected chi connectivity index (χ1v) is 8.86. The quantitative estimate of drug-likeness (QED) is 0.425. The second kappa shape index (κ2) is 7.85. The van der Waals surface area contributed by atoms with Gasteiger partial charge in [0.15, 0.2) is 0 Å². The highest BCUT2D eigenvalue weighted by molar-refractivity contribution is 6.30. The summed E-state index contributed by atoms with van der Waals surface area (Å²) in [6.07, 6.45) is 0.598. The molecule has 0 saturated carbocycles. The molecule has 8 heteroatoms. The minimum atomic E-state index is -0.454. The van der Waals surface area contributed by atoms with Crippen molar-refractivity contribution in [2.45, 2.75) is 18.9 Å². The van der Waals surface area contributed by atoms with E-state index < -0.39 is 11.0 Å². The van der Waals surface area contributed by atoms with E-state index in [9.17, 15) is 14.9 Å². The minimum Gasteiger partial charge on any atom is -0.273 e. The maximum absolute atomic E-state index is 12.5. The molecule has 0 spiro atoms. The molecule has 0 saturated heterocycles. The third kappa shape index (κ3) is 3.86. The van der Waals surface area contributed by atoms with E-state index in [1.807, 2.05) is 12.1 Å². The predicted molar refractivity (Wildman–Crippen MR) is 101 cm³/mol. The van der Waals surface area contributed by atoms with Gasteiger partial charge in [0.1, 0.15) is 0 Å². The molecule has 1 unspecified atom stereocenters. The molecule has 1 heterocycles. The van der Waals surface area contributed by atoms with Crippen molar-refractivity contribution in [3.05, 3.63) is 74.8 Å². The van der Waals surface area contributed by atoms with Gasteiger partial charge in [-0.3, -0.25) is 14.9 Å². The van der Waals surface area contributed by atoms with E-state index in [-0.39, 0.29) is 23.9 Å². The molecule has 1 amide bonds. The van der Waals surface area contributed by atoms with Gasteiger partial charge in [0, 0.05) is 35.9 Å². The van der Waals surface area contributed by atoms with E-state index in [1.54, 1.807) is 24.3 Å². The zero-order valence-corrected chi connectivity index (χ0v) is 15.2. The van der Waals surface area contributed by atoms with Crippen molar-refractivity contribution in [1.82, 2.24) is 5.01 Å². The van der Waals surface area contributed by atoms with Crippen LogP contribution in [0.5, 0.6) is 0 Å². The molecule has 0 bridgehead atoms. The Kier molecular flexibility index (Phi) is 5.54. The fourth-order valence-electron chi connectivity index (χ4n) is 2.86. The zero-order chi connectivity index (χ0) is 18.7. The zero-order valence-electron chi connectivity index (χ0n) is 13.6. The molecular weight excluding hydrogens is 377 g/mol. The Morgan fingerprint density at radius 1 is 1.27 bits per heavy atom. The summed E-state index contributed by atoms with van der Waals surface area (Å²) in [4.78, 5) is 23.1. The first-order valence-electron chi connectivity index (χ1n) is 7.95. The number of benzene rings is 2. The van der Waals surface area contributed by atoms with Crippen molar-refractivity contribution in [3.63, 3.8) is 0 Å². The van der Waals surface area contributed by atoms with Crippen molar-refractivity contribution in [1.29, 1.82) is 0 Å². The number of rotatable bonds is 5. The van der Waals surface area contributed by atoms with Gasteiger partial charge in [-0.25, -0.2) is 5.01 Å². The third-order valence-corrected chi connectivity index (χ3v) is 4.56. The fourth-order valence-corrected chi connectivity index (χ4v) is 3.15. The Hall–Kier alpha value is -2.44. The van der Waals surface area contributed by atoms with Crippen molar-refractivity contribution in [2.75, 3.05) is 5.88 Å². The monoisotopic (exact) mass is 391 g/mol. The Morgan fingerprint density at radius 2 is 2.00 bits per heavy atom. The van der Waals surface area contributed by atoms with Crippen LogP contribution in [0.1, 0.15) is 30.0 Å². The molecule has 2 aromatic carbocycles. The highest BCUT2D eigenvalue weighted by atomic mass is 35.5. The lowest BCUT2D eigenvalue weighted by molar-refractivity contribution is -0.384. The summed E-state index contributed by atoms with van der Waals surface area (Å²) in [5.74, 6) is -0.0385. The van der Waals surface area contributed by atoms with Crippen LogP contribution >= 0.6 is 23.2 Å². The highest BCUT2D eigenvalue weighted by Gasteiger charge is 2.33. The van der Waals surface area contributed by atoms with E-state index in [1.165, 1.54) is 17.1 Å². The van der Waals surface area contributed by atoms with Crippen molar-refractivity contribution in [3.8, 4) is 0 Å². The van der Waals surface area contributed by atoms with Crippen LogP contribution in [-0.2, 0) is 4.79 Å². The Balaban J connectivity index is 1.96. The molecule has 134 valence electrons. The number of carbonyl (C=O) groups excluding carboxylic acids is 1. The fraction of sp³-hybridized carbons (Fsp3) is 0.222. The molecule has 0 aromatic heterocycles. The second-order valence-electron chi connectivity index (χ2n) is 5.80. The van der Waals surface area contributed by atoms with E-state index in [0.717, 1.165) is 11.3 Å². The summed E-state index contributed by atoms with van der Waals surface area (Å²) in [6.45, 7) is 0. The first-order chi connectivity index (χ1) is 12.5. The van der Waals surface area contributed by atoms with E-state index in [4.69, 9.17) is 23.2 Å². The number of carbonyl (C=O) groups is 1. The van der Waals surface area contributed by atoms with Gasteiger partial charge in [-0.2, -0.15) is 5.10 Å². The van der Waals surface area contributed by atoms with Gasteiger partial charge in [0.05, 0.1) is 16.7 Å². The normalized spacial score (nSPS) is 16.5. The molecule has 0 fully saturated rings. The second-order valence-corrected chi connectivity index (χ2v) is 6.62. The average molecular weight is 392 g/mol. The summed E-state index contributed by atoms with van der Waals surface area (Å²) < 4.78 is 0. The average Bonchev–Trinajstić information content (AvgIpc) is 3.08. The standard InChI is InChI=1S/C18H15Cl2N3O3/c19-9-8-18(24)22-17(13-2-1-3-15(10-13)23(25)26)11-16(21-22)12-4-6-14(20)7-5-12/h1-7,10,17H,8-9,11H2. The van der Waals surface area contributed by atoms with Crippen molar-refractivity contribution < 1.29 is 9.72 Å². The number of nitrogens with zero attached hydrogens (tertiary/aromatic N) is 3. The first kappa shape index (κ1) is 18.4. The number of hydrazone groups is 1. The summed E-state index contributed by atoms with van der Waals surface area (Å²) in [5.41, 5.74) is 2.22. The number of alkyl halides is 1. The van der Waals surface area contributed by atoms with E-state index in [0.29, 0.717) is 17.0 Å². The topological polar surface area (TPSA) is 75.8 Å². The smallest absolute Gasteiger partial charge is 0.269 e. The number of amides is 1. The lowest BCUT2D eigenvalue weighted by atomic mass is 9.98. The molecular formula is C18H15Cl2N3O3. The van der Waals surface area contributed by atoms with Crippen LogP contribution in [0.4, 0.5) is 5.69 Å². The SMILES string of the molecule is O=C(CCCl)N1N=C(c2ccc(Cl)cc2)CC1c1cccc([N+](=O)[O-])c1.